The predicted octanol–water partition coefficient (Wildman–Crippen LogP) is 0.997. The molecule has 0 saturated heterocycles. The smallest absolute Gasteiger partial charge is 0.308 e. The molecule has 0 aliphatic rings. The van der Waals surface area contributed by atoms with Crippen LogP contribution in [-0.4, -0.2) is 61.4 Å². The van der Waals surface area contributed by atoms with E-state index in [4.69, 9.17) is 14.6 Å². The summed E-state index contributed by atoms with van der Waals surface area (Å²) < 4.78 is 10.2. The molecule has 0 aromatic heterocycles. The Balaban J connectivity index is 4.45. The highest BCUT2D eigenvalue weighted by atomic mass is 16.5. The van der Waals surface area contributed by atoms with Gasteiger partial charge in [-0.15, -0.1) is 0 Å². The molecule has 0 radical (unpaired) electrons. The molecular formula is C13H25NO5. The van der Waals surface area contributed by atoms with E-state index in [0.29, 0.717) is 26.2 Å². The number of nitrogens with zero attached hydrogens (tertiary/aromatic N) is 1. The molecule has 2 unspecified atom stereocenters. The summed E-state index contributed by atoms with van der Waals surface area (Å²) in [5.74, 6) is -1.69. The van der Waals surface area contributed by atoms with Crippen LogP contribution in [0.3, 0.4) is 0 Å². The van der Waals surface area contributed by atoms with E-state index in [1.807, 2.05) is 6.92 Å². The maximum Gasteiger partial charge on any atom is 0.308 e. The zero-order chi connectivity index (χ0) is 14.8. The average Bonchev–Trinajstić information content (AvgIpc) is 2.40. The number of carbonyl (C=O) groups is 2. The molecule has 0 bridgehead atoms. The minimum Gasteiger partial charge on any atom is -0.481 e. The Bertz CT molecular complexity index is 282. The van der Waals surface area contributed by atoms with Crippen LogP contribution in [0.15, 0.2) is 0 Å². The number of ether oxygens (including phenoxy) is 2. The molecule has 6 heteroatoms. The first-order valence-corrected chi connectivity index (χ1v) is 6.56. The van der Waals surface area contributed by atoms with Gasteiger partial charge in [-0.2, -0.15) is 0 Å². The molecule has 0 rings (SSSR count). The van der Waals surface area contributed by atoms with Gasteiger partial charge in [0.1, 0.15) is 6.10 Å². The Labute approximate surface area is 114 Å². The molecule has 0 spiro atoms. The van der Waals surface area contributed by atoms with Crippen LogP contribution in [0.1, 0.15) is 27.2 Å². The SMILES string of the molecule is CCOCCCN(CC(C)C(=O)O)C(=O)C(C)OC. The second-order valence-corrected chi connectivity index (χ2v) is 4.45. The first kappa shape index (κ1) is 17.9. The zero-order valence-electron chi connectivity index (χ0n) is 12.2. The number of carboxylic acids is 1. The van der Waals surface area contributed by atoms with Crippen molar-refractivity contribution in [2.24, 2.45) is 5.92 Å². The Morgan fingerprint density at radius 3 is 2.42 bits per heavy atom. The van der Waals surface area contributed by atoms with E-state index >= 15 is 0 Å². The molecular weight excluding hydrogens is 250 g/mol. The molecule has 1 N–H and O–H groups in total. The van der Waals surface area contributed by atoms with Gasteiger partial charge in [-0.3, -0.25) is 9.59 Å². The largest absolute Gasteiger partial charge is 0.481 e. The van der Waals surface area contributed by atoms with Crippen molar-refractivity contribution < 1.29 is 24.2 Å². The second-order valence-electron chi connectivity index (χ2n) is 4.45. The molecule has 0 aromatic carbocycles. The Hall–Kier alpha value is -1.14. The summed E-state index contributed by atoms with van der Waals surface area (Å²) in [6, 6.07) is 0. The predicted molar refractivity (Wildman–Crippen MR) is 71.0 cm³/mol. The van der Waals surface area contributed by atoms with Crippen LogP contribution in [0.5, 0.6) is 0 Å². The summed E-state index contributed by atoms with van der Waals surface area (Å²) in [4.78, 5) is 24.5. The van der Waals surface area contributed by atoms with Gasteiger partial charge in [0.15, 0.2) is 0 Å². The van der Waals surface area contributed by atoms with Crippen molar-refractivity contribution in [3.63, 3.8) is 0 Å². The fourth-order valence-electron chi connectivity index (χ4n) is 1.56. The van der Waals surface area contributed by atoms with E-state index in [1.165, 1.54) is 12.0 Å². The van der Waals surface area contributed by atoms with Gasteiger partial charge in [0, 0.05) is 33.4 Å². The number of amides is 1. The van der Waals surface area contributed by atoms with Gasteiger partial charge in [0.25, 0.3) is 5.91 Å². The highest BCUT2D eigenvalue weighted by molar-refractivity contribution is 5.81. The van der Waals surface area contributed by atoms with Crippen LogP contribution in [0.4, 0.5) is 0 Å². The molecule has 112 valence electrons. The van der Waals surface area contributed by atoms with Crippen molar-refractivity contribution >= 4 is 11.9 Å². The monoisotopic (exact) mass is 275 g/mol. The lowest BCUT2D eigenvalue weighted by atomic mass is 10.1. The number of hydrogen-bond donors (Lipinski definition) is 1. The standard InChI is InChI=1S/C13H25NO5/c1-5-19-8-6-7-14(9-10(2)13(16)17)12(15)11(3)18-4/h10-11H,5-9H2,1-4H3,(H,16,17). The van der Waals surface area contributed by atoms with E-state index in [9.17, 15) is 9.59 Å². The summed E-state index contributed by atoms with van der Waals surface area (Å²) in [5.41, 5.74) is 0. The van der Waals surface area contributed by atoms with Crippen LogP contribution in [0.2, 0.25) is 0 Å². The first-order valence-electron chi connectivity index (χ1n) is 6.56. The zero-order valence-corrected chi connectivity index (χ0v) is 12.2. The minimum absolute atomic E-state index is 0.188. The normalized spacial score (nSPS) is 13.9. The van der Waals surface area contributed by atoms with Crippen LogP contribution in [0.25, 0.3) is 0 Å². The third-order valence-electron chi connectivity index (χ3n) is 2.85. The molecule has 0 fully saturated rings. The van der Waals surface area contributed by atoms with Crippen LogP contribution < -0.4 is 0 Å². The quantitative estimate of drug-likeness (QED) is 0.602. The summed E-state index contributed by atoms with van der Waals surface area (Å²) in [6.07, 6.45) is 0.121. The molecule has 6 nitrogen and oxygen atoms in total. The fourth-order valence-corrected chi connectivity index (χ4v) is 1.56. The number of carboxylic acid groups (broad SMARTS) is 1. The number of methoxy groups -OCH3 is 1. The number of carbonyl (C=O) groups excluding carboxylic acids is 1. The number of hydrogen-bond acceptors (Lipinski definition) is 4. The van der Waals surface area contributed by atoms with Crippen LogP contribution in [0, 0.1) is 5.92 Å². The van der Waals surface area contributed by atoms with Crippen LogP contribution >= 0.6 is 0 Å². The van der Waals surface area contributed by atoms with Crippen molar-refractivity contribution in [3.05, 3.63) is 0 Å². The van der Waals surface area contributed by atoms with Gasteiger partial charge < -0.3 is 19.5 Å². The summed E-state index contributed by atoms with van der Waals surface area (Å²) in [7, 11) is 1.46. The van der Waals surface area contributed by atoms with Gasteiger partial charge in [-0.25, -0.2) is 0 Å². The summed E-state index contributed by atoms with van der Waals surface area (Å²) in [5, 5.41) is 8.92. The van der Waals surface area contributed by atoms with Gasteiger partial charge in [-0.1, -0.05) is 6.92 Å². The third-order valence-corrected chi connectivity index (χ3v) is 2.85. The van der Waals surface area contributed by atoms with Crippen molar-refractivity contribution in [1.29, 1.82) is 0 Å². The molecule has 0 heterocycles. The highest BCUT2D eigenvalue weighted by Crippen LogP contribution is 2.06. The number of rotatable bonds is 10. The highest BCUT2D eigenvalue weighted by Gasteiger charge is 2.24. The Morgan fingerprint density at radius 1 is 1.32 bits per heavy atom. The van der Waals surface area contributed by atoms with E-state index in [1.54, 1.807) is 13.8 Å². The summed E-state index contributed by atoms with van der Waals surface area (Å²) in [6.45, 7) is 7.00. The van der Waals surface area contributed by atoms with E-state index in [-0.39, 0.29) is 12.5 Å². The Kier molecular flexibility index (Phi) is 9.16. The molecule has 0 saturated carbocycles. The molecule has 2 atom stereocenters. The molecule has 19 heavy (non-hydrogen) atoms. The lowest BCUT2D eigenvalue weighted by Crippen LogP contribution is -2.43. The molecule has 0 aliphatic carbocycles. The third kappa shape index (κ3) is 7.12. The van der Waals surface area contributed by atoms with Crippen molar-refractivity contribution in [2.45, 2.75) is 33.3 Å². The molecule has 0 aliphatic heterocycles. The second kappa shape index (κ2) is 9.75. The van der Waals surface area contributed by atoms with Crippen molar-refractivity contribution in [2.75, 3.05) is 33.4 Å². The minimum atomic E-state index is -0.910. The van der Waals surface area contributed by atoms with Gasteiger partial charge in [0.2, 0.25) is 0 Å². The Morgan fingerprint density at radius 2 is 1.95 bits per heavy atom. The molecule has 0 aromatic rings. The van der Waals surface area contributed by atoms with Crippen LogP contribution in [-0.2, 0) is 19.1 Å². The maximum atomic E-state index is 12.1. The maximum absolute atomic E-state index is 12.1. The lowest BCUT2D eigenvalue weighted by Gasteiger charge is -2.26. The van der Waals surface area contributed by atoms with E-state index in [2.05, 4.69) is 0 Å². The average molecular weight is 275 g/mol. The molecule has 1 amide bonds. The first-order chi connectivity index (χ1) is 8.93. The van der Waals surface area contributed by atoms with E-state index in [0.717, 1.165) is 0 Å². The topological polar surface area (TPSA) is 76.1 Å². The van der Waals surface area contributed by atoms with Gasteiger partial charge in [-0.05, 0) is 20.3 Å². The number of aliphatic carboxylic acids is 1. The lowest BCUT2D eigenvalue weighted by molar-refractivity contribution is -0.146. The fraction of sp³-hybridized carbons (Fsp3) is 0.846. The van der Waals surface area contributed by atoms with Crippen molar-refractivity contribution in [1.82, 2.24) is 4.90 Å². The summed E-state index contributed by atoms with van der Waals surface area (Å²) >= 11 is 0. The van der Waals surface area contributed by atoms with Crippen molar-refractivity contribution in [3.8, 4) is 0 Å². The van der Waals surface area contributed by atoms with Gasteiger partial charge in [0.05, 0.1) is 5.92 Å². The van der Waals surface area contributed by atoms with E-state index < -0.39 is 18.0 Å². The van der Waals surface area contributed by atoms with Gasteiger partial charge >= 0.3 is 5.97 Å².